The van der Waals surface area contributed by atoms with E-state index in [2.05, 4.69) is 0 Å². The van der Waals surface area contributed by atoms with Gasteiger partial charge in [-0.15, -0.1) is 0 Å². The highest BCUT2D eigenvalue weighted by Crippen LogP contribution is 2.34. The fourth-order valence-corrected chi connectivity index (χ4v) is 1.70. The van der Waals surface area contributed by atoms with Gasteiger partial charge in [-0.25, -0.2) is 0 Å². The Morgan fingerprint density at radius 3 is 1.56 bits per heavy atom. The molecule has 0 aromatic heterocycles. The van der Waals surface area contributed by atoms with Gasteiger partial charge >= 0.3 is 0 Å². The lowest BCUT2D eigenvalue weighted by molar-refractivity contribution is -0.320. The molecule has 0 aromatic carbocycles. The first-order valence-corrected chi connectivity index (χ1v) is 4.75. The van der Waals surface area contributed by atoms with Crippen LogP contribution in [0.2, 0.25) is 0 Å². The van der Waals surface area contributed by atoms with Crippen molar-refractivity contribution in [2.75, 3.05) is 19.8 Å². The molecule has 0 radical (unpaired) electrons. The fourth-order valence-electron chi connectivity index (χ4n) is 1.70. The van der Waals surface area contributed by atoms with Gasteiger partial charge in [-0.2, -0.15) is 0 Å². The summed E-state index contributed by atoms with van der Waals surface area (Å²) in [5, 5.41) is 46.4. The number of aliphatic carboxylic acids is 1. The molecule has 1 atom stereocenters. The first kappa shape index (κ1) is 17.7. The van der Waals surface area contributed by atoms with Crippen LogP contribution in [0.5, 0.6) is 0 Å². The maximum atomic E-state index is 10.6. The highest BCUT2D eigenvalue weighted by molar-refractivity contribution is 5.70. The number of carbonyl (C=O) groups excluding carboxylic acids is 1. The van der Waals surface area contributed by atoms with Gasteiger partial charge in [0.1, 0.15) is 0 Å². The van der Waals surface area contributed by atoms with Crippen molar-refractivity contribution >= 4 is 5.97 Å². The predicted octanol–water partition coefficient (Wildman–Crippen LogP) is -2.39. The van der Waals surface area contributed by atoms with Crippen LogP contribution >= 0.6 is 0 Å². The van der Waals surface area contributed by atoms with E-state index in [9.17, 15) is 15.0 Å². The molecule has 0 amide bonds. The minimum atomic E-state index is -1.80. The van der Waals surface area contributed by atoms with E-state index in [1.165, 1.54) is 0 Å². The van der Waals surface area contributed by atoms with E-state index >= 15 is 0 Å². The molecule has 0 aliphatic carbocycles. The molecular weight excluding hydrogens is 218 g/mol. The van der Waals surface area contributed by atoms with Gasteiger partial charge in [0.2, 0.25) is 0 Å². The molecule has 7 heteroatoms. The van der Waals surface area contributed by atoms with Crippen molar-refractivity contribution < 1.29 is 30.3 Å². The zero-order valence-electron chi connectivity index (χ0n) is 9.43. The fraction of sp³-hybridized carbons (Fsp3) is 0.889. The van der Waals surface area contributed by atoms with Gasteiger partial charge in [0.25, 0.3) is 0 Å². The van der Waals surface area contributed by atoms with Crippen molar-refractivity contribution in [2.24, 2.45) is 5.41 Å². The Bertz CT molecular complexity index is 181. The molecule has 16 heavy (non-hydrogen) atoms. The smallest absolute Gasteiger partial charge is 0.0992 e. The largest absolute Gasteiger partial charge is 0.547 e. The Morgan fingerprint density at radius 1 is 1.06 bits per heavy atom. The third-order valence-electron chi connectivity index (χ3n) is 2.63. The Hall–Kier alpha value is -0.730. The summed E-state index contributed by atoms with van der Waals surface area (Å²) in [4.78, 5) is 10.6. The number of hydrogen-bond acceptors (Lipinski definition) is 6. The summed E-state index contributed by atoms with van der Waals surface area (Å²) in [6.45, 7) is -0.987. The van der Waals surface area contributed by atoms with E-state index in [1.807, 2.05) is 0 Å². The van der Waals surface area contributed by atoms with Gasteiger partial charge in [0.15, 0.2) is 0 Å². The van der Waals surface area contributed by atoms with Crippen LogP contribution in [0.15, 0.2) is 0 Å². The summed E-state index contributed by atoms with van der Waals surface area (Å²) in [5.74, 6) is -1.66. The summed E-state index contributed by atoms with van der Waals surface area (Å²) >= 11 is 0. The molecule has 0 saturated carbocycles. The third kappa shape index (κ3) is 4.42. The number of carbonyl (C=O) groups is 1. The molecule has 98 valence electrons. The Morgan fingerprint density at radius 2 is 1.38 bits per heavy atom. The van der Waals surface area contributed by atoms with Crippen molar-refractivity contribution in [2.45, 2.75) is 25.4 Å². The molecule has 0 fully saturated rings. The first-order valence-electron chi connectivity index (χ1n) is 4.75. The van der Waals surface area contributed by atoms with Gasteiger partial charge in [0, 0.05) is 25.2 Å². The molecule has 0 aliphatic rings. The first-order chi connectivity index (χ1) is 7.04. The van der Waals surface area contributed by atoms with Crippen LogP contribution in [0.4, 0.5) is 0 Å². The van der Waals surface area contributed by atoms with Crippen molar-refractivity contribution in [1.82, 2.24) is 6.15 Å². The molecule has 0 aliphatic heterocycles. The number of carboxylic acids is 1. The molecule has 0 bridgehead atoms. The monoisotopic (exact) mass is 239 g/mol. The molecule has 0 rings (SSSR count). The van der Waals surface area contributed by atoms with Crippen LogP contribution in [-0.2, 0) is 4.79 Å². The average molecular weight is 239 g/mol. The standard InChI is InChI=1S/C9H18O6.H3N/c10-4-1-9(2-5-11,3-6-12)7(13)8(14)15;/h7,10-13H,1-6H2,(H,14,15);1H3. The summed E-state index contributed by atoms with van der Waals surface area (Å²) in [6, 6.07) is 0. The van der Waals surface area contributed by atoms with Gasteiger partial charge in [-0.05, 0) is 19.3 Å². The predicted molar refractivity (Wildman–Crippen MR) is 54.5 cm³/mol. The second-order valence-corrected chi connectivity index (χ2v) is 3.50. The second kappa shape index (κ2) is 8.43. The molecule has 0 aromatic rings. The molecular formula is C9H21NO6. The van der Waals surface area contributed by atoms with Crippen molar-refractivity contribution in [1.29, 1.82) is 0 Å². The zero-order valence-corrected chi connectivity index (χ0v) is 9.43. The Balaban J connectivity index is 0. The van der Waals surface area contributed by atoms with Crippen molar-refractivity contribution in [3.05, 3.63) is 0 Å². The highest BCUT2D eigenvalue weighted by Gasteiger charge is 2.37. The molecule has 0 saturated heterocycles. The third-order valence-corrected chi connectivity index (χ3v) is 2.63. The number of aliphatic hydroxyl groups excluding tert-OH is 4. The molecule has 0 spiro atoms. The van der Waals surface area contributed by atoms with Crippen molar-refractivity contribution in [3.8, 4) is 0 Å². The van der Waals surface area contributed by atoms with E-state index in [1.54, 1.807) is 0 Å². The van der Waals surface area contributed by atoms with Crippen LogP contribution in [-0.4, -0.2) is 52.3 Å². The van der Waals surface area contributed by atoms with Crippen LogP contribution < -0.4 is 11.3 Å². The molecule has 1 unspecified atom stereocenters. The van der Waals surface area contributed by atoms with E-state index in [0.29, 0.717) is 0 Å². The number of rotatable bonds is 8. The maximum absolute atomic E-state index is 10.6. The summed E-state index contributed by atoms with van der Waals surface area (Å²) in [7, 11) is 0. The summed E-state index contributed by atoms with van der Waals surface area (Å²) in [6.07, 6.45) is -1.83. The van der Waals surface area contributed by atoms with E-state index in [-0.39, 0.29) is 45.2 Å². The molecule has 8 N–H and O–H groups in total. The van der Waals surface area contributed by atoms with Gasteiger partial charge in [-0.1, -0.05) is 0 Å². The highest BCUT2D eigenvalue weighted by atomic mass is 16.4. The molecule has 7 nitrogen and oxygen atoms in total. The Labute approximate surface area is 93.9 Å². The second-order valence-electron chi connectivity index (χ2n) is 3.50. The van der Waals surface area contributed by atoms with Crippen molar-refractivity contribution in [3.63, 3.8) is 0 Å². The Kier molecular flexibility index (Phi) is 9.30. The summed E-state index contributed by atoms with van der Waals surface area (Å²) < 4.78 is 0. The van der Waals surface area contributed by atoms with E-state index in [0.717, 1.165) is 0 Å². The summed E-state index contributed by atoms with van der Waals surface area (Å²) in [5.41, 5.74) is -1.23. The van der Waals surface area contributed by atoms with Gasteiger partial charge in [0.05, 0.1) is 12.1 Å². The van der Waals surface area contributed by atoms with Crippen LogP contribution in [0.1, 0.15) is 19.3 Å². The zero-order chi connectivity index (χ0) is 11.9. The number of carboxylic acid groups (broad SMARTS) is 1. The number of hydrogen-bond donors (Lipinski definition) is 5. The van der Waals surface area contributed by atoms with E-state index in [4.69, 9.17) is 15.3 Å². The van der Waals surface area contributed by atoms with E-state index < -0.39 is 17.5 Å². The minimum Gasteiger partial charge on any atom is -0.547 e. The topological polar surface area (TPSA) is 158 Å². The van der Waals surface area contributed by atoms with Crippen LogP contribution in [0.25, 0.3) is 0 Å². The van der Waals surface area contributed by atoms with Gasteiger partial charge < -0.3 is 36.5 Å². The SMILES string of the molecule is O=C([O-])C(O)C(CCO)(CCO)CCO.[NH4+]. The average Bonchev–Trinajstić information content (AvgIpc) is 2.17. The van der Waals surface area contributed by atoms with Crippen LogP contribution in [0.3, 0.4) is 0 Å². The lowest BCUT2D eigenvalue weighted by Gasteiger charge is -2.37. The lowest BCUT2D eigenvalue weighted by atomic mass is 9.74. The number of quaternary nitrogens is 1. The molecule has 0 heterocycles. The van der Waals surface area contributed by atoms with Gasteiger partial charge in [-0.3, -0.25) is 0 Å². The normalized spacial score (nSPS) is 13.0. The lowest BCUT2D eigenvalue weighted by Crippen LogP contribution is -2.49. The maximum Gasteiger partial charge on any atom is 0.0992 e. The van der Waals surface area contributed by atoms with Crippen LogP contribution in [0, 0.1) is 5.41 Å². The minimum absolute atomic E-state index is 0. The number of aliphatic hydroxyl groups is 4. The quantitative estimate of drug-likeness (QED) is 0.318.